The summed E-state index contributed by atoms with van der Waals surface area (Å²) in [7, 11) is 0. The SMILES string of the molecule is CC[C@H](C)c1ccc(OCC(=O)N/N=C\c2ccc(C)cc2)cc1. The maximum absolute atomic E-state index is 11.7. The molecule has 0 heterocycles. The maximum atomic E-state index is 11.7. The Morgan fingerprint density at radius 2 is 1.83 bits per heavy atom. The van der Waals surface area contributed by atoms with E-state index in [0.29, 0.717) is 11.7 Å². The van der Waals surface area contributed by atoms with Gasteiger partial charge in [0.05, 0.1) is 6.21 Å². The summed E-state index contributed by atoms with van der Waals surface area (Å²) in [6.45, 7) is 6.31. The monoisotopic (exact) mass is 324 g/mol. The molecule has 0 aromatic heterocycles. The molecule has 4 heteroatoms. The number of hydrazone groups is 1. The number of aryl methyl sites for hydroxylation is 1. The molecule has 0 radical (unpaired) electrons. The molecular formula is C20H24N2O2. The first-order valence-electron chi connectivity index (χ1n) is 8.20. The lowest BCUT2D eigenvalue weighted by molar-refractivity contribution is -0.123. The summed E-state index contributed by atoms with van der Waals surface area (Å²) in [6.07, 6.45) is 2.71. The third-order valence-corrected chi connectivity index (χ3v) is 3.91. The van der Waals surface area contributed by atoms with Crippen molar-refractivity contribution < 1.29 is 9.53 Å². The van der Waals surface area contributed by atoms with Crippen LogP contribution in [0.2, 0.25) is 0 Å². The fraction of sp³-hybridized carbons (Fsp3) is 0.300. The highest BCUT2D eigenvalue weighted by atomic mass is 16.5. The van der Waals surface area contributed by atoms with Crippen LogP contribution >= 0.6 is 0 Å². The lowest BCUT2D eigenvalue weighted by atomic mass is 9.99. The van der Waals surface area contributed by atoms with Gasteiger partial charge in [-0.15, -0.1) is 0 Å². The summed E-state index contributed by atoms with van der Waals surface area (Å²) >= 11 is 0. The van der Waals surface area contributed by atoms with Crippen molar-refractivity contribution in [1.29, 1.82) is 0 Å². The number of rotatable bonds is 7. The molecular weight excluding hydrogens is 300 g/mol. The number of nitrogens with one attached hydrogen (secondary N) is 1. The largest absolute Gasteiger partial charge is 0.484 e. The summed E-state index contributed by atoms with van der Waals surface area (Å²) < 4.78 is 5.47. The van der Waals surface area contributed by atoms with E-state index in [1.54, 1.807) is 6.21 Å². The molecule has 24 heavy (non-hydrogen) atoms. The van der Waals surface area contributed by atoms with Crippen LogP contribution in [0.25, 0.3) is 0 Å². The molecule has 1 amide bonds. The van der Waals surface area contributed by atoms with Gasteiger partial charge < -0.3 is 4.74 Å². The van der Waals surface area contributed by atoms with Crippen molar-refractivity contribution in [1.82, 2.24) is 5.43 Å². The first-order valence-corrected chi connectivity index (χ1v) is 8.20. The van der Waals surface area contributed by atoms with Gasteiger partial charge in [-0.25, -0.2) is 5.43 Å². The topological polar surface area (TPSA) is 50.7 Å². The van der Waals surface area contributed by atoms with Gasteiger partial charge in [0.1, 0.15) is 5.75 Å². The Morgan fingerprint density at radius 3 is 2.46 bits per heavy atom. The molecule has 0 saturated heterocycles. The molecule has 0 unspecified atom stereocenters. The van der Waals surface area contributed by atoms with E-state index in [-0.39, 0.29) is 12.5 Å². The van der Waals surface area contributed by atoms with Crippen molar-refractivity contribution in [3.05, 3.63) is 65.2 Å². The van der Waals surface area contributed by atoms with Crippen molar-refractivity contribution in [2.75, 3.05) is 6.61 Å². The van der Waals surface area contributed by atoms with Gasteiger partial charge in [-0.2, -0.15) is 5.10 Å². The summed E-state index contributed by atoms with van der Waals surface area (Å²) in [5.74, 6) is 0.919. The standard InChI is InChI=1S/C20H24N2O2/c1-4-16(3)18-9-11-19(12-10-18)24-14-20(23)22-21-13-17-7-5-15(2)6-8-17/h5-13,16H,4,14H2,1-3H3,(H,22,23)/b21-13-/t16-/m0/s1. The highest BCUT2D eigenvalue weighted by Crippen LogP contribution is 2.21. The van der Waals surface area contributed by atoms with Gasteiger partial charge in [0.2, 0.25) is 0 Å². The number of ether oxygens (including phenoxy) is 1. The fourth-order valence-electron chi connectivity index (χ4n) is 2.14. The molecule has 1 N–H and O–H groups in total. The van der Waals surface area contributed by atoms with Crippen LogP contribution in [0.5, 0.6) is 5.75 Å². The van der Waals surface area contributed by atoms with E-state index in [1.807, 2.05) is 55.5 Å². The zero-order valence-corrected chi connectivity index (χ0v) is 14.5. The predicted molar refractivity (Wildman–Crippen MR) is 97.6 cm³/mol. The second kappa shape index (κ2) is 8.87. The minimum absolute atomic E-state index is 0.0616. The number of carbonyl (C=O) groups is 1. The van der Waals surface area contributed by atoms with Crippen molar-refractivity contribution >= 4 is 12.1 Å². The number of hydrogen-bond acceptors (Lipinski definition) is 3. The van der Waals surface area contributed by atoms with E-state index >= 15 is 0 Å². The van der Waals surface area contributed by atoms with Gasteiger partial charge in [0, 0.05) is 0 Å². The van der Waals surface area contributed by atoms with E-state index in [0.717, 1.165) is 12.0 Å². The molecule has 0 fully saturated rings. The Bertz CT molecular complexity index is 676. The molecule has 0 saturated carbocycles. The van der Waals surface area contributed by atoms with Crippen LogP contribution in [0, 0.1) is 6.92 Å². The Morgan fingerprint density at radius 1 is 1.17 bits per heavy atom. The van der Waals surface area contributed by atoms with Crippen LogP contribution < -0.4 is 10.2 Å². The first kappa shape index (κ1) is 17.7. The van der Waals surface area contributed by atoms with E-state index < -0.39 is 0 Å². The predicted octanol–water partition coefficient (Wildman–Crippen LogP) is 4.04. The summed E-state index contributed by atoms with van der Waals surface area (Å²) in [5, 5.41) is 3.93. The molecule has 2 aromatic rings. The van der Waals surface area contributed by atoms with Crippen LogP contribution in [0.3, 0.4) is 0 Å². The Hall–Kier alpha value is -2.62. The van der Waals surface area contributed by atoms with Gasteiger partial charge >= 0.3 is 0 Å². The number of carbonyl (C=O) groups excluding carboxylic acids is 1. The van der Waals surface area contributed by atoms with Gasteiger partial charge in [0.25, 0.3) is 5.91 Å². The minimum Gasteiger partial charge on any atom is -0.484 e. The molecule has 2 rings (SSSR count). The number of benzene rings is 2. The molecule has 1 atom stereocenters. The van der Waals surface area contributed by atoms with Crippen molar-refractivity contribution in [3.8, 4) is 5.75 Å². The normalized spacial score (nSPS) is 12.1. The van der Waals surface area contributed by atoms with E-state index in [4.69, 9.17) is 4.74 Å². The second-order valence-electron chi connectivity index (χ2n) is 5.87. The highest BCUT2D eigenvalue weighted by Gasteiger charge is 2.04. The molecule has 0 spiro atoms. The molecule has 126 valence electrons. The Balaban J connectivity index is 1.77. The molecule has 0 bridgehead atoms. The average Bonchev–Trinajstić information content (AvgIpc) is 2.61. The minimum atomic E-state index is -0.288. The fourth-order valence-corrected chi connectivity index (χ4v) is 2.14. The third-order valence-electron chi connectivity index (χ3n) is 3.91. The smallest absolute Gasteiger partial charge is 0.277 e. The van der Waals surface area contributed by atoms with Crippen LogP contribution in [-0.2, 0) is 4.79 Å². The van der Waals surface area contributed by atoms with Crippen LogP contribution in [-0.4, -0.2) is 18.7 Å². The number of amides is 1. The number of hydrogen-bond donors (Lipinski definition) is 1. The first-order chi connectivity index (χ1) is 11.6. The van der Waals surface area contributed by atoms with Crippen molar-refractivity contribution in [2.24, 2.45) is 5.10 Å². The quantitative estimate of drug-likeness (QED) is 0.617. The highest BCUT2D eigenvalue weighted by molar-refractivity contribution is 5.82. The van der Waals surface area contributed by atoms with Gasteiger partial charge in [-0.1, -0.05) is 55.8 Å². The lowest BCUT2D eigenvalue weighted by Crippen LogP contribution is -2.24. The molecule has 2 aromatic carbocycles. The van der Waals surface area contributed by atoms with Crippen LogP contribution in [0.1, 0.15) is 42.9 Å². The van der Waals surface area contributed by atoms with Crippen molar-refractivity contribution in [3.63, 3.8) is 0 Å². The zero-order valence-electron chi connectivity index (χ0n) is 14.5. The lowest BCUT2D eigenvalue weighted by Gasteiger charge is -2.10. The zero-order chi connectivity index (χ0) is 17.4. The third kappa shape index (κ3) is 5.54. The van der Waals surface area contributed by atoms with Gasteiger partial charge in [0.15, 0.2) is 6.61 Å². The van der Waals surface area contributed by atoms with Gasteiger partial charge in [-0.05, 0) is 42.5 Å². The summed E-state index contributed by atoms with van der Waals surface area (Å²) in [4.78, 5) is 11.7. The molecule has 0 aliphatic heterocycles. The molecule has 0 aliphatic carbocycles. The summed E-state index contributed by atoms with van der Waals surface area (Å²) in [5.41, 5.74) is 5.85. The molecule has 0 aliphatic rings. The summed E-state index contributed by atoms with van der Waals surface area (Å²) in [6, 6.07) is 15.7. The van der Waals surface area contributed by atoms with Crippen LogP contribution in [0.15, 0.2) is 53.6 Å². The number of nitrogens with zero attached hydrogens (tertiary/aromatic N) is 1. The Labute approximate surface area is 143 Å². The Kier molecular flexibility index (Phi) is 6.55. The van der Waals surface area contributed by atoms with Gasteiger partial charge in [-0.3, -0.25) is 4.79 Å². The van der Waals surface area contributed by atoms with Crippen LogP contribution in [0.4, 0.5) is 0 Å². The maximum Gasteiger partial charge on any atom is 0.277 e. The van der Waals surface area contributed by atoms with E-state index in [9.17, 15) is 4.79 Å². The van der Waals surface area contributed by atoms with E-state index in [1.165, 1.54) is 11.1 Å². The second-order valence-corrected chi connectivity index (χ2v) is 5.87. The average molecular weight is 324 g/mol. The molecule has 4 nitrogen and oxygen atoms in total. The van der Waals surface area contributed by atoms with Crippen molar-refractivity contribution in [2.45, 2.75) is 33.1 Å². The van der Waals surface area contributed by atoms with E-state index in [2.05, 4.69) is 24.4 Å².